The largest absolute Gasteiger partial charge is 0.352 e. The number of rotatable bonds is 4. The van der Waals surface area contributed by atoms with Crippen LogP contribution in [-0.4, -0.2) is 16.0 Å². The Morgan fingerprint density at radius 1 is 1.22 bits per heavy atom. The Labute approximate surface area is 135 Å². The molecular formula is C18H21N3O2. The molecule has 1 aromatic carbocycles. The van der Waals surface area contributed by atoms with Crippen molar-refractivity contribution in [1.29, 1.82) is 0 Å². The average molecular weight is 311 g/mol. The molecule has 1 heterocycles. The summed E-state index contributed by atoms with van der Waals surface area (Å²) in [5.74, 6) is 1.06. The van der Waals surface area contributed by atoms with E-state index in [4.69, 9.17) is 4.52 Å². The minimum absolute atomic E-state index is 0.231. The van der Waals surface area contributed by atoms with Crippen LogP contribution in [-0.2, 0) is 11.3 Å². The van der Waals surface area contributed by atoms with Crippen molar-refractivity contribution in [2.75, 3.05) is 0 Å². The summed E-state index contributed by atoms with van der Waals surface area (Å²) in [6, 6.07) is 7.89. The number of benzene rings is 1. The molecule has 1 amide bonds. The van der Waals surface area contributed by atoms with Crippen LogP contribution < -0.4 is 5.32 Å². The molecule has 0 radical (unpaired) electrons. The van der Waals surface area contributed by atoms with Gasteiger partial charge in [0.15, 0.2) is 0 Å². The minimum Gasteiger partial charge on any atom is -0.352 e. The van der Waals surface area contributed by atoms with Gasteiger partial charge in [-0.2, -0.15) is 4.98 Å². The highest BCUT2D eigenvalue weighted by atomic mass is 16.5. The van der Waals surface area contributed by atoms with Crippen molar-refractivity contribution in [2.45, 2.75) is 45.1 Å². The van der Waals surface area contributed by atoms with E-state index in [1.54, 1.807) is 0 Å². The maximum Gasteiger partial charge on any atom is 0.223 e. The van der Waals surface area contributed by atoms with Crippen LogP contribution >= 0.6 is 0 Å². The summed E-state index contributed by atoms with van der Waals surface area (Å²) in [7, 11) is 0. The lowest BCUT2D eigenvalue weighted by molar-refractivity contribution is -0.123. The van der Waals surface area contributed by atoms with Gasteiger partial charge in [-0.3, -0.25) is 4.79 Å². The summed E-state index contributed by atoms with van der Waals surface area (Å²) in [4.78, 5) is 16.4. The molecule has 120 valence electrons. The van der Waals surface area contributed by atoms with Crippen LogP contribution in [0.1, 0.15) is 44.1 Å². The van der Waals surface area contributed by atoms with Gasteiger partial charge in [0, 0.05) is 18.0 Å². The Hall–Kier alpha value is -2.17. The first-order valence-corrected chi connectivity index (χ1v) is 8.40. The van der Waals surface area contributed by atoms with E-state index in [1.165, 1.54) is 38.5 Å². The van der Waals surface area contributed by atoms with E-state index in [2.05, 4.69) is 15.5 Å². The first kappa shape index (κ1) is 14.4. The van der Waals surface area contributed by atoms with Crippen molar-refractivity contribution < 1.29 is 9.32 Å². The Kier molecular flexibility index (Phi) is 3.63. The number of carbonyl (C=O) groups is 1. The van der Waals surface area contributed by atoms with Crippen LogP contribution in [0.5, 0.6) is 0 Å². The van der Waals surface area contributed by atoms with Crippen LogP contribution in [0.4, 0.5) is 0 Å². The van der Waals surface area contributed by atoms with E-state index >= 15 is 0 Å². The highest BCUT2D eigenvalue weighted by molar-refractivity contribution is 5.82. The molecule has 2 aromatic rings. The van der Waals surface area contributed by atoms with E-state index in [0.717, 1.165) is 17.5 Å². The second-order valence-corrected chi connectivity index (χ2v) is 6.85. The Bertz CT molecular complexity index is 673. The summed E-state index contributed by atoms with van der Waals surface area (Å²) < 4.78 is 4.75. The Morgan fingerprint density at radius 3 is 2.70 bits per heavy atom. The number of nitrogens with one attached hydrogen (secondary N) is 1. The number of hydrogen-bond donors (Lipinski definition) is 1. The molecule has 0 aliphatic heterocycles. The van der Waals surface area contributed by atoms with Crippen molar-refractivity contribution >= 4 is 5.91 Å². The molecule has 23 heavy (non-hydrogen) atoms. The lowest BCUT2D eigenvalue weighted by Gasteiger charge is -2.22. The third kappa shape index (κ3) is 2.87. The molecule has 2 aliphatic rings. The highest BCUT2D eigenvalue weighted by Crippen LogP contribution is 2.61. The van der Waals surface area contributed by atoms with Crippen molar-refractivity contribution in [3.63, 3.8) is 0 Å². The number of nitrogens with zero attached hydrogens (tertiary/aromatic N) is 2. The van der Waals surface area contributed by atoms with Crippen molar-refractivity contribution in [2.24, 2.45) is 11.3 Å². The molecule has 1 spiro atoms. The maximum absolute atomic E-state index is 12.4. The van der Waals surface area contributed by atoms with Crippen molar-refractivity contribution in [1.82, 2.24) is 15.5 Å². The molecule has 5 heteroatoms. The van der Waals surface area contributed by atoms with Gasteiger partial charge in [0.25, 0.3) is 0 Å². The summed E-state index contributed by atoms with van der Waals surface area (Å²) in [6.07, 6.45) is 8.82. The molecule has 2 fully saturated rings. The van der Waals surface area contributed by atoms with Crippen LogP contribution in [0, 0.1) is 11.3 Å². The van der Waals surface area contributed by atoms with E-state index in [0.29, 0.717) is 17.8 Å². The van der Waals surface area contributed by atoms with Crippen molar-refractivity contribution in [3.05, 3.63) is 36.2 Å². The fourth-order valence-electron chi connectivity index (χ4n) is 3.91. The van der Waals surface area contributed by atoms with Gasteiger partial charge < -0.3 is 9.84 Å². The first-order chi connectivity index (χ1) is 11.3. The first-order valence-electron chi connectivity index (χ1n) is 8.40. The van der Waals surface area contributed by atoms with Crippen LogP contribution in [0.25, 0.3) is 11.4 Å². The molecule has 1 atom stereocenters. The minimum atomic E-state index is 0.231. The molecule has 5 nitrogen and oxygen atoms in total. The second kappa shape index (κ2) is 5.80. The van der Waals surface area contributed by atoms with Crippen LogP contribution in [0.3, 0.4) is 0 Å². The molecular weight excluding hydrogens is 290 g/mol. The fraction of sp³-hybridized carbons (Fsp3) is 0.500. The molecule has 0 saturated heterocycles. The molecule has 1 unspecified atom stereocenters. The third-order valence-corrected chi connectivity index (χ3v) is 5.40. The lowest BCUT2D eigenvalue weighted by Crippen LogP contribution is -2.27. The zero-order valence-corrected chi connectivity index (χ0v) is 13.1. The Balaban J connectivity index is 1.32. The van der Waals surface area contributed by atoms with Gasteiger partial charge in [0.1, 0.15) is 0 Å². The molecule has 1 aromatic heterocycles. The number of hydrogen-bond acceptors (Lipinski definition) is 4. The van der Waals surface area contributed by atoms with E-state index < -0.39 is 0 Å². The predicted octanol–water partition coefficient (Wildman–Crippen LogP) is 3.32. The van der Waals surface area contributed by atoms with Gasteiger partial charge >= 0.3 is 0 Å². The third-order valence-electron chi connectivity index (χ3n) is 5.40. The van der Waals surface area contributed by atoms with Gasteiger partial charge in [-0.25, -0.2) is 0 Å². The van der Waals surface area contributed by atoms with Crippen LogP contribution in [0.2, 0.25) is 0 Å². The van der Waals surface area contributed by atoms with Gasteiger partial charge in [-0.1, -0.05) is 48.7 Å². The van der Waals surface area contributed by atoms with Gasteiger partial charge in [0.2, 0.25) is 18.1 Å². The normalized spacial score (nSPS) is 22.0. The monoisotopic (exact) mass is 311 g/mol. The SMILES string of the molecule is O=C(NCc1ccc(-c2ncon2)cc1)C1CC12CCCCC2. The summed E-state index contributed by atoms with van der Waals surface area (Å²) in [6.45, 7) is 0.581. The topological polar surface area (TPSA) is 68.0 Å². The quantitative estimate of drug-likeness (QED) is 0.940. The maximum atomic E-state index is 12.4. The second-order valence-electron chi connectivity index (χ2n) is 6.85. The summed E-state index contributed by atoms with van der Waals surface area (Å²) in [5, 5.41) is 6.91. The highest BCUT2D eigenvalue weighted by Gasteiger charge is 2.57. The van der Waals surface area contributed by atoms with Crippen molar-refractivity contribution in [3.8, 4) is 11.4 Å². The molecule has 2 saturated carbocycles. The van der Waals surface area contributed by atoms with Gasteiger partial charge in [0.05, 0.1) is 0 Å². The molecule has 2 aliphatic carbocycles. The molecule has 4 rings (SSSR count). The zero-order chi connectivity index (χ0) is 15.7. The fourth-order valence-corrected chi connectivity index (χ4v) is 3.91. The number of amides is 1. The predicted molar refractivity (Wildman–Crippen MR) is 85.2 cm³/mol. The lowest BCUT2D eigenvalue weighted by atomic mass is 9.84. The molecule has 1 N–H and O–H groups in total. The summed E-state index contributed by atoms with van der Waals surface area (Å²) >= 11 is 0. The van der Waals surface area contributed by atoms with Gasteiger partial charge in [-0.05, 0) is 30.2 Å². The summed E-state index contributed by atoms with van der Waals surface area (Å²) in [5.41, 5.74) is 2.35. The standard InChI is InChI=1S/C18H21N3O2/c22-17(15-10-18(15)8-2-1-3-9-18)19-11-13-4-6-14(7-5-13)16-20-12-23-21-16/h4-7,12,15H,1-3,8-11H2,(H,19,22). The van der Waals surface area contributed by atoms with Gasteiger partial charge in [-0.15, -0.1) is 0 Å². The van der Waals surface area contributed by atoms with E-state index in [9.17, 15) is 4.79 Å². The average Bonchev–Trinajstić information content (AvgIpc) is 3.03. The zero-order valence-electron chi connectivity index (χ0n) is 13.1. The Morgan fingerprint density at radius 2 is 2.00 bits per heavy atom. The van der Waals surface area contributed by atoms with E-state index in [-0.39, 0.29) is 11.8 Å². The van der Waals surface area contributed by atoms with Crippen LogP contribution in [0.15, 0.2) is 35.2 Å². The number of carbonyl (C=O) groups excluding carboxylic acids is 1. The van der Waals surface area contributed by atoms with E-state index in [1.807, 2.05) is 24.3 Å². The molecule has 0 bridgehead atoms. The number of aromatic nitrogens is 2. The smallest absolute Gasteiger partial charge is 0.223 e.